The maximum atomic E-state index is 14.0. The van der Waals surface area contributed by atoms with Crippen molar-refractivity contribution in [1.82, 2.24) is 14.9 Å². The summed E-state index contributed by atoms with van der Waals surface area (Å²) in [4.78, 5) is 35.6. The summed E-state index contributed by atoms with van der Waals surface area (Å²) in [5.74, 6) is 0.855. The summed E-state index contributed by atoms with van der Waals surface area (Å²) >= 11 is 4.60. The second-order valence-electron chi connectivity index (χ2n) is 10.7. The first-order valence-corrected chi connectivity index (χ1v) is 16.1. The number of amides is 2. The van der Waals surface area contributed by atoms with Crippen molar-refractivity contribution in [2.75, 3.05) is 27.9 Å². The molecule has 2 amide bonds. The molecule has 0 spiro atoms. The number of benzene rings is 3. The molecule has 10 heteroatoms. The molecule has 3 aromatic carbocycles. The van der Waals surface area contributed by atoms with Gasteiger partial charge in [-0.25, -0.2) is 0 Å². The fraction of sp³-hybridized carbons (Fsp3) is 0.273. The summed E-state index contributed by atoms with van der Waals surface area (Å²) in [7, 11) is 4.72. The van der Waals surface area contributed by atoms with Crippen LogP contribution in [-0.2, 0) is 9.59 Å². The van der Waals surface area contributed by atoms with Crippen LogP contribution in [0.1, 0.15) is 47.8 Å². The van der Waals surface area contributed by atoms with Gasteiger partial charge in [-0.05, 0) is 123 Å². The number of aromatic nitrogens is 2. The molecule has 6 rings (SSSR count). The first-order valence-electron chi connectivity index (χ1n) is 14.0. The molecule has 1 saturated heterocycles. The number of H-pyrrole nitrogens is 2. The Kier molecular flexibility index (Phi) is 8.58. The maximum Gasteiger partial charge on any atom is 0.230 e. The van der Waals surface area contributed by atoms with Crippen molar-refractivity contribution >= 4 is 78.8 Å². The van der Waals surface area contributed by atoms with Crippen molar-refractivity contribution < 1.29 is 23.8 Å². The van der Waals surface area contributed by atoms with Gasteiger partial charge in [0.1, 0.15) is 0 Å². The molecule has 1 aliphatic heterocycles. The SMILES string of the molecule is COc1cc(C(CC(=O)N2CCC(c3c[nH]c4ccc(I)cc34)CC2=O)c2c[nH]c3ccc(I)cc23)cc(OC)c1OC. The van der Waals surface area contributed by atoms with E-state index in [0.717, 1.165) is 52.1 Å². The first kappa shape index (κ1) is 29.8. The van der Waals surface area contributed by atoms with Crippen LogP contribution < -0.4 is 14.2 Å². The molecule has 2 N–H and O–H groups in total. The third-order valence-corrected chi connectivity index (χ3v) is 9.70. The molecular weight excluding hydrogens is 772 g/mol. The van der Waals surface area contributed by atoms with E-state index in [1.807, 2.05) is 36.7 Å². The molecule has 2 aromatic heterocycles. The number of rotatable bonds is 8. The molecule has 2 unspecified atom stereocenters. The Morgan fingerprint density at radius 3 is 2.16 bits per heavy atom. The summed E-state index contributed by atoms with van der Waals surface area (Å²) in [5, 5.41) is 2.17. The Morgan fingerprint density at radius 1 is 0.907 bits per heavy atom. The second kappa shape index (κ2) is 12.4. The van der Waals surface area contributed by atoms with Gasteiger partial charge >= 0.3 is 0 Å². The monoisotopic (exact) mass is 803 g/mol. The van der Waals surface area contributed by atoms with E-state index in [1.54, 1.807) is 21.3 Å². The standard InChI is InChI=1S/C33H31I2N3O5/c1-41-29-10-19(11-30(42-2)33(29)43-3)22(26-17-37-28-7-5-21(35)14-24(26)28)15-32(40)38-9-8-18(12-31(38)39)25-16-36-27-6-4-20(34)13-23(25)27/h4-7,10-11,13-14,16-18,22,36-37H,8-9,12,15H2,1-3H3. The minimum absolute atomic E-state index is 0.0603. The van der Waals surface area contributed by atoms with Crippen molar-refractivity contribution in [3.63, 3.8) is 0 Å². The van der Waals surface area contributed by atoms with Crippen LogP contribution in [0.25, 0.3) is 21.8 Å². The molecule has 3 heterocycles. The number of likely N-dealkylation sites (tertiary alicyclic amines) is 1. The van der Waals surface area contributed by atoms with Crippen LogP contribution in [-0.4, -0.2) is 54.6 Å². The van der Waals surface area contributed by atoms with Crippen LogP contribution in [0.4, 0.5) is 0 Å². The topological polar surface area (TPSA) is 96.7 Å². The van der Waals surface area contributed by atoms with Crippen LogP contribution in [0.15, 0.2) is 60.9 Å². The molecular formula is C33H31I2N3O5. The minimum Gasteiger partial charge on any atom is -0.493 e. The molecule has 2 atom stereocenters. The number of imide groups is 1. The summed E-state index contributed by atoms with van der Waals surface area (Å²) in [6, 6.07) is 16.2. The predicted octanol–water partition coefficient (Wildman–Crippen LogP) is 7.34. The minimum atomic E-state index is -0.366. The number of fused-ring (bicyclic) bond motifs is 2. The van der Waals surface area contributed by atoms with E-state index < -0.39 is 0 Å². The van der Waals surface area contributed by atoms with Gasteiger partial charge in [0.25, 0.3) is 0 Å². The van der Waals surface area contributed by atoms with E-state index in [0.29, 0.717) is 30.2 Å². The normalized spacial score (nSPS) is 16.1. The molecule has 5 aromatic rings. The average molecular weight is 803 g/mol. The van der Waals surface area contributed by atoms with Crippen LogP contribution in [0.5, 0.6) is 17.2 Å². The fourth-order valence-corrected chi connectivity index (χ4v) is 7.19. The highest BCUT2D eigenvalue weighted by Crippen LogP contribution is 2.44. The summed E-state index contributed by atoms with van der Waals surface area (Å²) in [6.07, 6.45) is 5.09. The number of ether oxygens (including phenoxy) is 3. The maximum absolute atomic E-state index is 14.0. The van der Waals surface area contributed by atoms with E-state index in [9.17, 15) is 9.59 Å². The lowest BCUT2D eigenvalue weighted by molar-refractivity contribution is -0.147. The first-order chi connectivity index (χ1) is 20.8. The zero-order valence-electron chi connectivity index (χ0n) is 24.0. The van der Waals surface area contributed by atoms with E-state index in [2.05, 4.69) is 79.4 Å². The number of carbonyl (C=O) groups is 2. The lowest BCUT2D eigenvalue weighted by Crippen LogP contribution is -2.42. The van der Waals surface area contributed by atoms with Crippen molar-refractivity contribution in [2.45, 2.75) is 31.1 Å². The Morgan fingerprint density at radius 2 is 1.53 bits per heavy atom. The molecule has 0 radical (unpaired) electrons. The molecule has 1 aliphatic rings. The Labute approximate surface area is 276 Å². The fourth-order valence-electron chi connectivity index (χ4n) is 6.21. The van der Waals surface area contributed by atoms with Gasteiger partial charge in [0.05, 0.1) is 21.3 Å². The van der Waals surface area contributed by atoms with Crippen molar-refractivity contribution in [2.24, 2.45) is 0 Å². The van der Waals surface area contributed by atoms with Gasteiger partial charge in [-0.2, -0.15) is 0 Å². The lowest BCUT2D eigenvalue weighted by Gasteiger charge is -2.31. The van der Waals surface area contributed by atoms with Crippen LogP contribution in [0.2, 0.25) is 0 Å². The zero-order valence-corrected chi connectivity index (χ0v) is 28.3. The quantitative estimate of drug-likeness (QED) is 0.160. The molecule has 0 bridgehead atoms. The molecule has 0 aliphatic carbocycles. The lowest BCUT2D eigenvalue weighted by atomic mass is 9.86. The number of hydrogen-bond acceptors (Lipinski definition) is 5. The van der Waals surface area contributed by atoms with E-state index >= 15 is 0 Å². The van der Waals surface area contributed by atoms with Crippen molar-refractivity contribution in [1.29, 1.82) is 0 Å². The molecule has 0 saturated carbocycles. The van der Waals surface area contributed by atoms with Gasteiger partial charge in [0.15, 0.2) is 11.5 Å². The number of aromatic amines is 2. The summed E-state index contributed by atoms with van der Waals surface area (Å²) < 4.78 is 19.1. The Balaban J connectivity index is 1.32. The van der Waals surface area contributed by atoms with E-state index in [1.165, 1.54) is 4.90 Å². The summed E-state index contributed by atoms with van der Waals surface area (Å²) in [6.45, 7) is 0.382. The van der Waals surface area contributed by atoms with E-state index in [4.69, 9.17) is 14.2 Å². The Bertz CT molecular complexity index is 1820. The zero-order chi connectivity index (χ0) is 30.2. The number of piperidine rings is 1. The van der Waals surface area contributed by atoms with Crippen LogP contribution in [0, 0.1) is 7.14 Å². The molecule has 43 heavy (non-hydrogen) atoms. The van der Waals surface area contributed by atoms with Gasteiger partial charge in [0, 0.05) is 66.6 Å². The van der Waals surface area contributed by atoms with Crippen molar-refractivity contribution in [3.05, 3.63) is 84.8 Å². The number of nitrogens with zero attached hydrogens (tertiary/aromatic N) is 1. The third kappa shape index (κ3) is 5.70. The average Bonchev–Trinajstić information content (AvgIpc) is 3.62. The van der Waals surface area contributed by atoms with Crippen LogP contribution >= 0.6 is 45.2 Å². The number of carbonyl (C=O) groups excluding carboxylic acids is 2. The predicted molar refractivity (Wildman–Crippen MR) is 183 cm³/mol. The number of methoxy groups -OCH3 is 3. The highest BCUT2D eigenvalue weighted by molar-refractivity contribution is 14.1. The molecule has 1 fully saturated rings. The van der Waals surface area contributed by atoms with Gasteiger partial charge in [-0.15, -0.1) is 0 Å². The second-order valence-corrected chi connectivity index (χ2v) is 13.2. The number of hydrogen-bond donors (Lipinski definition) is 2. The van der Waals surface area contributed by atoms with Gasteiger partial charge in [0.2, 0.25) is 17.6 Å². The van der Waals surface area contributed by atoms with Gasteiger partial charge < -0.3 is 24.2 Å². The number of nitrogens with one attached hydrogen (secondary N) is 2. The highest BCUT2D eigenvalue weighted by atomic mass is 127. The van der Waals surface area contributed by atoms with Gasteiger partial charge in [-0.1, -0.05) is 0 Å². The number of halogens is 2. The Hall–Kier alpha value is -3.26. The van der Waals surface area contributed by atoms with Gasteiger partial charge in [-0.3, -0.25) is 14.5 Å². The summed E-state index contributed by atoms with van der Waals surface area (Å²) in [5.41, 5.74) is 4.97. The highest BCUT2D eigenvalue weighted by Gasteiger charge is 2.34. The van der Waals surface area contributed by atoms with E-state index in [-0.39, 0.29) is 30.1 Å². The largest absolute Gasteiger partial charge is 0.493 e. The smallest absolute Gasteiger partial charge is 0.230 e. The van der Waals surface area contributed by atoms with Crippen LogP contribution in [0.3, 0.4) is 0 Å². The van der Waals surface area contributed by atoms with Crippen molar-refractivity contribution in [3.8, 4) is 17.2 Å². The molecule has 222 valence electrons. The third-order valence-electron chi connectivity index (χ3n) is 8.36. The molecule has 8 nitrogen and oxygen atoms in total.